The average Bonchev–Trinajstić information content (AvgIpc) is 2.54. The van der Waals surface area contributed by atoms with Crippen molar-refractivity contribution in [2.75, 3.05) is 5.73 Å². The molecule has 0 radical (unpaired) electrons. The van der Waals surface area contributed by atoms with Crippen molar-refractivity contribution in [3.8, 4) is 5.82 Å². The van der Waals surface area contributed by atoms with Crippen LogP contribution < -0.4 is 5.73 Å². The second-order valence-electron chi connectivity index (χ2n) is 2.25. The molecule has 0 unspecified atom stereocenters. The summed E-state index contributed by atoms with van der Waals surface area (Å²) in [7, 11) is 0. The Morgan fingerprint density at radius 3 is 2.83 bits per heavy atom. The molecule has 0 aliphatic carbocycles. The molecule has 60 valence electrons. The molecule has 5 heteroatoms. The first-order valence-electron chi connectivity index (χ1n) is 3.44. The van der Waals surface area contributed by atoms with E-state index in [0.717, 1.165) is 0 Å². The van der Waals surface area contributed by atoms with Gasteiger partial charge in [-0.3, -0.25) is 4.98 Å². The Kier molecular flexibility index (Phi) is 1.48. The number of nitrogen functional groups attached to an aromatic ring is 1. The van der Waals surface area contributed by atoms with Crippen LogP contribution in [0, 0.1) is 0 Å². The Morgan fingerprint density at radius 2 is 2.25 bits per heavy atom. The molecule has 2 heterocycles. The summed E-state index contributed by atoms with van der Waals surface area (Å²) in [4.78, 5) is 7.95. The fourth-order valence-corrected chi connectivity index (χ4v) is 0.875. The standard InChI is InChI=1S/C7H7N5/c8-6-1-4-12(11-6)7-5-9-2-3-10-7/h1-5H,(H2,8,11). The van der Waals surface area contributed by atoms with Crippen molar-refractivity contribution in [1.82, 2.24) is 19.7 Å². The van der Waals surface area contributed by atoms with Gasteiger partial charge in [0.05, 0.1) is 6.20 Å². The Balaban J connectivity index is 2.45. The summed E-state index contributed by atoms with van der Waals surface area (Å²) in [5, 5.41) is 3.97. The van der Waals surface area contributed by atoms with Crippen molar-refractivity contribution in [3.05, 3.63) is 30.9 Å². The number of aromatic nitrogens is 4. The predicted octanol–water partition coefficient (Wildman–Crippen LogP) is 0.244. The third-order valence-corrected chi connectivity index (χ3v) is 1.39. The Bertz CT molecular complexity index is 366. The molecule has 0 aliphatic heterocycles. The van der Waals surface area contributed by atoms with Crippen molar-refractivity contribution < 1.29 is 0 Å². The minimum absolute atomic E-state index is 0.473. The normalized spacial score (nSPS) is 10.0. The first-order chi connectivity index (χ1) is 5.86. The van der Waals surface area contributed by atoms with Crippen LogP contribution in [0.5, 0.6) is 0 Å². The molecule has 0 spiro atoms. The third-order valence-electron chi connectivity index (χ3n) is 1.39. The summed E-state index contributed by atoms with van der Waals surface area (Å²) in [6, 6.07) is 1.70. The maximum atomic E-state index is 5.44. The van der Waals surface area contributed by atoms with Crippen LogP contribution in [-0.2, 0) is 0 Å². The van der Waals surface area contributed by atoms with Crippen molar-refractivity contribution in [2.45, 2.75) is 0 Å². The number of hydrogen-bond donors (Lipinski definition) is 1. The molecule has 0 atom stereocenters. The quantitative estimate of drug-likeness (QED) is 0.650. The minimum atomic E-state index is 0.473. The number of hydrogen-bond acceptors (Lipinski definition) is 4. The molecule has 2 rings (SSSR count). The monoisotopic (exact) mass is 161 g/mol. The van der Waals surface area contributed by atoms with E-state index in [4.69, 9.17) is 5.73 Å². The van der Waals surface area contributed by atoms with Gasteiger partial charge in [-0.2, -0.15) is 0 Å². The highest BCUT2D eigenvalue weighted by Crippen LogP contribution is 2.02. The molecule has 12 heavy (non-hydrogen) atoms. The molecule has 0 bridgehead atoms. The van der Waals surface area contributed by atoms with E-state index in [-0.39, 0.29) is 0 Å². The molecule has 0 aliphatic rings. The number of nitrogens with two attached hydrogens (primary N) is 1. The van der Waals surface area contributed by atoms with Crippen molar-refractivity contribution in [3.63, 3.8) is 0 Å². The smallest absolute Gasteiger partial charge is 0.171 e. The van der Waals surface area contributed by atoms with E-state index >= 15 is 0 Å². The lowest BCUT2D eigenvalue weighted by molar-refractivity contribution is 0.842. The van der Waals surface area contributed by atoms with Crippen LogP contribution in [0.4, 0.5) is 5.82 Å². The summed E-state index contributed by atoms with van der Waals surface area (Å²) >= 11 is 0. The molecule has 0 amide bonds. The Morgan fingerprint density at radius 1 is 1.33 bits per heavy atom. The largest absolute Gasteiger partial charge is 0.382 e. The summed E-state index contributed by atoms with van der Waals surface area (Å²) in [6.07, 6.45) is 6.56. The fraction of sp³-hybridized carbons (Fsp3) is 0. The van der Waals surface area contributed by atoms with Crippen LogP contribution >= 0.6 is 0 Å². The number of anilines is 1. The maximum absolute atomic E-state index is 5.44. The molecule has 0 fully saturated rings. The van der Waals surface area contributed by atoms with Gasteiger partial charge in [-0.15, -0.1) is 5.10 Å². The molecule has 2 aromatic heterocycles. The van der Waals surface area contributed by atoms with E-state index in [1.165, 1.54) is 0 Å². The maximum Gasteiger partial charge on any atom is 0.171 e. The molecule has 2 aromatic rings. The van der Waals surface area contributed by atoms with Crippen LogP contribution in [-0.4, -0.2) is 19.7 Å². The van der Waals surface area contributed by atoms with Gasteiger partial charge in [0.15, 0.2) is 5.82 Å². The lowest BCUT2D eigenvalue weighted by atomic mass is 10.6. The Labute approximate surface area is 68.9 Å². The lowest BCUT2D eigenvalue weighted by Gasteiger charge is -1.96. The molecular weight excluding hydrogens is 154 g/mol. The van der Waals surface area contributed by atoms with Gasteiger partial charge < -0.3 is 5.73 Å². The molecule has 0 saturated carbocycles. The van der Waals surface area contributed by atoms with E-state index < -0.39 is 0 Å². The Hall–Kier alpha value is -1.91. The lowest BCUT2D eigenvalue weighted by Crippen LogP contribution is -1.98. The van der Waals surface area contributed by atoms with Crippen molar-refractivity contribution >= 4 is 5.82 Å². The minimum Gasteiger partial charge on any atom is -0.382 e. The second-order valence-corrected chi connectivity index (χ2v) is 2.25. The number of rotatable bonds is 1. The third kappa shape index (κ3) is 1.12. The highest BCUT2D eigenvalue weighted by atomic mass is 15.3. The van der Waals surface area contributed by atoms with E-state index in [9.17, 15) is 0 Å². The molecular formula is C7H7N5. The zero-order valence-electron chi connectivity index (χ0n) is 6.25. The summed E-state index contributed by atoms with van der Waals surface area (Å²) < 4.78 is 1.57. The highest BCUT2D eigenvalue weighted by molar-refractivity contribution is 5.28. The van der Waals surface area contributed by atoms with Gasteiger partial charge >= 0.3 is 0 Å². The highest BCUT2D eigenvalue weighted by Gasteiger charge is 1.97. The molecule has 0 aromatic carbocycles. The van der Waals surface area contributed by atoms with Gasteiger partial charge in [0.2, 0.25) is 0 Å². The molecule has 2 N–H and O–H groups in total. The van der Waals surface area contributed by atoms with Crippen LogP contribution in [0.25, 0.3) is 5.82 Å². The topological polar surface area (TPSA) is 69.6 Å². The summed E-state index contributed by atoms with van der Waals surface area (Å²) in [6.45, 7) is 0. The van der Waals surface area contributed by atoms with Gasteiger partial charge in [-0.1, -0.05) is 0 Å². The SMILES string of the molecule is Nc1ccn(-c2cnccn2)n1. The van der Waals surface area contributed by atoms with E-state index in [1.54, 1.807) is 35.5 Å². The van der Waals surface area contributed by atoms with E-state index in [1.807, 2.05) is 0 Å². The van der Waals surface area contributed by atoms with Crippen LogP contribution in [0.2, 0.25) is 0 Å². The zero-order chi connectivity index (χ0) is 8.39. The first kappa shape index (κ1) is 6.78. The van der Waals surface area contributed by atoms with Crippen molar-refractivity contribution in [2.24, 2.45) is 0 Å². The van der Waals surface area contributed by atoms with Gasteiger partial charge in [-0.25, -0.2) is 9.67 Å². The van der Waals surface area contributed by atoms with E-state index in [2.05, 4.69) is 15.1 Å². The first-order valence-corrected chi connectivity index (χ1v) is 3.44. The predicted molar refractivity (Wildman–Crippen MR) is 43.6 cm³/mol. The fourth-order valence-electron chi connectivity index (χ4n) is 0.875. The summed E-state index contributed by atoms with van der Waals surface area (Å²) in [5.74, 6) is 1.13. The summed E-state index contributed by atoms with van der Waals surface area (Å²) in [5.41, 5.74) is 5.44. The van der Waals surface area contributed by atoms with Crippen LogP contribution in [0.3, 0.4) is 0 Å². The van der Waals surface area contributed by atoms with E-state index in [0.29, 0.717) is 11.6 Å². The van der Waals surface area contributed by atoms with Gasteiger partial charge in [0.25, 0.3) is 0 Å². The van der Waals surface area contributed by atoms with Gasteiger partial charge in [0.1, 0.15) is 5.82 Å². The average molecular weight is 161 g/mol. The zero-order valence-corrected chi connectivity index (χ0v) is 6.25. The van der Waals surface area contributed by atoms with Crippen LogP contribution in [0.1, 0.15) is 0 Å². The number of nitrogens with zero attached hydrogens (tertiary/aromatic N) is 4. The second kappa shape index (κ2) is 2.61. The van der Waals surface area contributed by atoms with Gasteiger partial charge in [0, 0.05) is 24.7 Å². The van der Waals surface area contributed by atoms with Gasteiger partial charge in [-0.05, 0) is 0 Å². The van der Waals surface area contributed by atoms with Crippen molar-refractivity contribution in [1.29, 1.82) is 0 Å². The molecule has 0 saturated heterocycles. The van der Waals surface area contributed by atoms with Crippen LogP contribution in [0.15, 0.2) is 30.9 Å². The molecule has 5 nitrogen and oxygen atoms in total.